The Morgan fingerprint density at radius 1 is 1.06 bits per heavy atom. The van der Waals surface area contributed by atoms with Crippen molar-refractivity contribution >= 4 is 11.1 Å². The third-order valence-electron chi connectivity index (χ3n) is 7.04. The van der Waals surface area contributed by atoms with Gasteiger partial charge in [0.05, 0.1) is 6.61 Å². The van der Waals surface area contributed by atoms with Crippen molar-refractivity contribution in [2.24, 2.45) is 5.92 Å². The average Bonchev–Trinajstić information content (AvgIpc) is 3.28. The minimum Gasteiger partial charge on any atom is -0.508 e. The van der Waals surface area contributed by atoms with Crippen molar-refractivity contribution in [1.29, 1.82) is 0 Å². The Balaban J connectivity index is 1.59. The number of likely N-dealkylation sites (tertiary alicyclic amines) is 1. The van der Waals surface area contributed by atoms with E-state index < -0.39 is 0 Å². The molecular weight excluding hydrogens is 422 g/mol. The number of allylic oxidation sites excluding steroid dienone is 5. The molecule has 2 N–H and O–H groups in total. The number of benzene rings is 2. The predicted octanol–water partition coefficient (Wildman–Crippen LogP) is 6.25. The van der Waals surface area contributed by atoms with Crippen LogP contribution in [0, 0.1) is 5.92 Å². The maximum absolute atomic E-state index is 9.90. The molecule has 2 unspecified atom stereocenters. The van der Waals surface area contributed by atoms with Crippen LogP contribution in [0.25, 0.3) is 11.1 Å². The lowest BCUT2D eigenvalue weighted by atomic mass is 9.81. The van der Waals surface area contributed by atoms with Crippen LogP contribution in [0.3, 0.4) is 0 Å². The maximum atomic E-state index is 9.90. The molecule has 4 heteroatoms. The summed E-state index contributed by atoms with van der Waals surface area (Å²) >= 11 is 0. The summed E-state index contributed by atoms with van der Waals surface area (Å²) in [5.74, 6) is 1.38. The monoisotopic (exact) mass is 459 g/mol. The van der Waals surface area contributed by atoms with Crippen LogP contribution in [0.15, 0.2) is 78.6 Å². The van der Waals surface area contributed by atoms with Gasteiger partial charge >= 0.3 is 0 Å². The second-order valence-electron chi connectivity index (χ2n) is 9.35. The molecule has 180 valence electrons. The number of hydrogen-bond acceptors (Lipinski definition) is 4. The molecule has 34 heavy (non-hydrogen) atoms. The Kier molecular flexibility index (Phi) is 8.62. The summed E-state index contributed by atoms with van der Waals surface area (Å²) < 4.78 is 6.09. The third-order valence-corrected chi connectivity index (χ3v) is 7.04. The van der Waals surface area contributed by atoms with Gasteiger partial charge in [-0.3, -0.25) is 0 Å². The lowest BCUT2D eigenvalue weighted by Gasteiger charge is -2.24. The van der Waals surface area contributed by atoms with Crippen molar-refractivity contribution in [3.63, 3.8) is 0 Å². The van der Waals surface area contributed by atoms with Crippen molar-refractivity contribution in [2.45, 2.75) is 44.6 Å². The molecule has 0 aromatic heterocycles. The Morgan fingerprint density at radius 3 is 2.50 bits per heavy atom. The molecule has 2 aliphatic rings. The number of rotatable bonds is 10. The van der Waals surface area contributed by atoms with E-state index >= 15 is 0 Å². The second-order valence-corrected chi connectivity index (χ2v) is 9.35. The Morgan fingerprint density at radius 2 is 1.85 bits per heavy atom. The standard InChI is InChI=1S/C30H37NO3/c1-31-20-5-9-26(31)19-22-34-28-17-13-25(14-18-28)30(24-11-15-27(33)16-12-24)29(10-6-21-32)23-7-3-2-4-8-23/h2-4,7-8,11,13-18,24,26,32-33H,5-6,9-10,12,19-22H2,1H3/b30-29-. The van der Waals surface area contributed by atoms with Gasteiger partial charge in [-0.1, -0.05) is 48.5 Å². The topological polar surface area (TPSA) is 52.9 Å². The summed E-state index contributed by atoms with van der Waals surface area (Å²) in [5.41, 5.74) is 4.83. The van der Waals surface area contributed by atoms with E-state index in [1.54, 1.807) is 6.08 Å². The summed E-state index contributed by atoms with van der Waals surface area (Å²) in [4.78, 5) is 2.44. The molecule has 0 saturated carbocycles. The molecule has 2 aromatic carbocycles. The maximum Gasteiger partial charge on any atom is 0.119 e. The van der Waals surface area contributed by atoms with Gasteiger partial charge in [0.25, 0.3) is 0 Å². The van der Waals surface area contributed by atoms with Gasteiger partial charge in [0, 0.05) is 18.6 Å². The van der Waals surface area contributed by atoms with Gasteiger partial charge in [0.15, 0.2) is 0 Å². The van der Waals surface area contributed by atoms with Crippen LogP contribution in [0.5, 0.6) is 5.75 Å². The smallest absolute Gasteiger partial charge is 0.119 e. The quantitative estimate of drug-likeness (QED) is 0.412. The zero-order chi connectivity index (χ0) is 23.8. The van der Waals surface area contributed by atoms with Crippen LogP contribution < -0.4 is 4.74 Å². The fraction of sp³-hybridized carbons (Fsp3) is 0.400. The molecule has 0 spiro atoms. The Hall–Kier alpha value is -2.82. The van der Waals surface area contributed by atoms with E-state index in [9.17, 15) is 10.2 Å². The fourth-order valence-corrected chi connectivity index (χ4v) is 5.15. The Labute approximate surface area is 203 Å². The minimum absolute atomic E-state index is 0.160. The highest BCUT2D eigenvalue weighted by Gasteiger charge is 2.22. The molecule has 2 atom stereocenters. The summed E-state index contributed by atoms with van der Waals surface area (Å²) in [6.45, 7) is 2.09. The Bertz CT molecular complexity index is 1010. The molecule has 1 aliphatic carbocycles. The molecule has 4 rings (SSSR count). The van der Waals surface area contributed by atoms with Crippen molar-refractivity contribution < 1.29 is 14.9 Å². The van der Waals surface area contributed by atoms with Crippen LogP contribution in [-0.2, 0) is 0 Å². The fourth-order valence-electron chi connectivity index (χ4n) is 5.15. The number of ether oxygens (including phenoxy) is 1. The third kappa shape index (κ3) is 6.19. The minimum atomic E-state index is 0.160. The normalized spacial score (nSPS) is 21.3. The summed E-state index contributed by atoms with van der Waals surface area (Å²) in [5, 5.41) is 19.5. The van der Waals surface area contributed by atoms with E-state index in [2.05, 4.69) is 66.6 Å². The highest BCUT2D eigenvalue weighted by Crippen LogP contribution is 2.39. The SMILES string of the molecule is CN1CCCC1CCOc1ccc(/C(=C(/CCCO)c2ccccc2)C2C=CC(O)=CC2)cc1. The van der Waals surface area contributed by atoms with Crippen molar-refractivity contribution in [2.75, 3.05) is 26.8 Å². The highest BCUT2D eigenvalue weighted by molar-refractivity contribution is 5.92. The van der Waals surface area contributed by atoms with Crippen LogP contribution in [-0.4, -0.2) is 48.0 Å². The average molecular weight is 460 g/mol. The summed E-state index contributed by atoms with van der Waals surface area (Å²) in [7, 11) is 2.20. The van der Waals surface area contributed by atoms with E-state index in [0.29, 0.717) is 18.2 Å². The van der Waals surface area contributed by atoms with Crippen molar-refractivity contribution in [3.8, 4) is 5.75 Å². The first kappa shape index (κ1) is 24.3. The number of aliphatic hydroxyl groups is 2. The molecule has 1 saturated heterocycles. The van der Waals surface area contributed by atoms with Gasteiger partial charge in [-0.2, -0.15) is 0 Å². The molecule has 2 aromatic rings. The van der Waals surface area contributed by atoms with E-state index in [1.807, 2.05) is 12.1 Å². The highest BCUT2D eigenvalue weighted by atomic mass is 16.5. The zero-order valence-electron chi connectivity index (χ0n) is 20.2. The molecule has 1 heterocycles. The first-order valence-electron chi connectivity index (χ1n) is 12.6. The molecule has 0 radical (unpaired) electrons. The molecule has 4 nitrogen and oxygen atoms in total. The van der Waals surface area contributed by atoms with Crippen LogP contribution in [0.2, 0.25) is 0 Å². The number of aliphatic hydroxyl groups excluding tert-OH is 2. The lowest BCUT2D eigenvalue weighted by Crippen LogP contribution is -2.26. The first-order valence-corrected chi connectivity index (χ1v) is 12.6. The van der Waals surface area contributed by atoms with Crippen molar-refractivity contribution in [1.82, 2.24) is 4.90 Å². The van der Waals surface area contributed by atoms with Crippen LogP contribution >= 0.6 is 0 Å². The largest absolute Gasteiger partial charge is 0.508 e. The molecule has 0 bridgehead atoms. The van der Waals surface area contributed by atoms with Gasteiger partial charge < -0.3 is 19.8 Å². The molecule has 1 fully saturated rings. The number of nitrogens with zero attached hydrogens (tertiary/aromatic N) is 1. The summed E-state index contributed by atoms with van der Waals surface area (Å²) in [6.07, 6.45) is 11.6. The van der Waals surface area contributed by atoms with E-state index in [4.69, 9.17) is 4.74 Å². The van der Waals surface area contributed by atoms with E-state index in [-0.39, 0.29) is 12.5 Å². The van der Waals surface area contributed by atoms with E-state index in [0.717, 1.165) is 37.2 Å². The van der Waals surface area contributed by atoms with Gasteiger partial charge in [0.1, 0.15) is 11.5 Å². The molecule has 1 aliphatic heterocycles. The van der Waals surface area contributed by atoms with E-state index in [1.165, 1.54) is 36.1 Å². The lowest BCUT2D eigenvalue weighted by molar-refractivity contribution is 0.233. The predicted molar refractivity (Wildman–Crippen MR) is 140 cm³/mol. The zero-order valence-corrected chi connectivity index (χ0v) is 20.2. The first-order chi connectivity index (χ1) is 16.7. The van der Waals surface area contributed by atoms with Gasteiger partial charge in [0.2, 0.25) is 0 Å². The molecular formula is C30H37NO3. The second kappa shape index (κ2) is 12.0. The van der Waals surface area contributed by atoms with Gasteiger partial charge in [-0.15, -0.1) is 0 Å². The summed E-state index contributed by atoms with van der Waals surface area (Å²) in [6, 6.07) is 19.5. The van der Waals surface area contributed by atoms with Gasteiger partial charge in [-0.25, -0.2) is 0 Å². The molecule has 0 amide bonds. The van der Waals surface area contributed by atoms with Crippen LogP contribution in [0.4, 0.5) is 0 Å². The van der Waals surface area contributed by atoms with Crippen molar-refractivity contribution in [3.05, 3.63) is 89.7 Å². The van der Waals surface area contributed by atoms with Crippen LogP contribution in [0.1, 0.15) is 49.7 Å². The van der Waals surface area contributed by atoms with Gasteiger partial charge in [-0.05, 0) is 98.7 Å². The number of hydrogen-bond donors (Lipinski definition) is 2.